The number of rotatable bonds is 6. The van der Waals surface area contributed by atoms with E-state index in [1.54, 1.807) is 29.2 Å². The minimum absolute atomic E-state index is 0.00887. The van der Waals surface area contributed by atoms with Crippen LogP contribution in [-0.4, -0.2) is 67.5 Å². The van der Waals surface area contributed by atoms with Gasteiger partial charge in [-0.2, -0.15) is 0 Å². The topological polar surface area (TPSA) is 61.9 Å². The Hall–Kier alpha value is -1.79. The highest BCUT2D eigenvalue weighted by atomic mass is 35.5. The Bertz CT molecular complexity index is 528. The fourth-order valence-electron chi connectivity index (χ4n) is 2.33. The average Bonchev–Trinajstić information content (AvgIpc) is 2.59. The minimum Gasteiger partial charge on any atom is -0.484 e. The van der Waals surface area contributed by atoms with Gasteiger partial charge >= 0.3 is 0 Å². The number of piperazine rings is 1. The number of carbonyl (C=O) groups is 2. The van der Waals surface area contributed by atoms with Gasteiger partial charge in [-0.15, -0.1) is 0 Å². The molecule has 0 aromatic heterocycles. The molecule has 1 aliphatic heterocycles. The largest absolute Gasteiger partial charge is 0.484 e. The van der Waals surface area contributed by atoms with Crippen molar-refractivity contribution in [2.24, 2.45) is 0 Å². The fourth-order valence-corrected chi connectivity index (χ4v) is 2.46. The molecule has 0 saturated carbocycles. The maximum Gasteiger partial charge on any atom is 0.258 e. The lowest BCUT2D eigenvalue weighted by molar-refractivity contribution is -0.134. The lowest BCUT2D eigenvalue weighted by Crippen LogP contribution is -2.51. The molecule has 0 atom stereocenters. The Kier molecular flexibility index (Phi) is 6.67. The number of halogens is 1. The van der Waals surface area contributed by atoms with E-state index in [2.05, 4.69) is 17.1 Å². The second-order valence-corrected chi connectivity index (χ2v) is 5.77. The van der Waals surface area contributed by atoms with Gasteiger partial charge in [0.1, 0.15) is 5.75 Å². The van der Waals surface area contributed by atoms with Crippen molar-refractivity contribution in [3.63, 3.8) is 0 Å². The Labute approximate surface area is 141 Å². The van der Waals surface area contributed by atoms with Gasteiger partial charge in [0.15, 0.2) is 6.61 Å². The van der Waals surface area contributed by atoms with Gasteiger partial charge in [-0.05, 0) is 30.8 Å². The van der Waals surface area contributed by atoms with Crippen molar-refractivity contribution in [2.45, 2.75) is 6.92 Å². The molecule has 0 spiro atoms. The van der Waals surface area contributed by atoms with E-state index in [0.717, 1.165) is 19.6 Å². The Balaban J connectivity index is 1.66. The standard InChI is InChI=1S/C16H22ClN3O3/c1-2-19-7-9-20(10-8-19)16(22)11-18-15(21)12-23-14-5-3-13(17)4-6-14/h3-6H,2,7-12H2,1H3,(H,18,21). The van der Waals surface area contributed by atoms with Crippen molar-refractivity contribution in [1.82, 2.24) is 15.1 Å². The highest BCUT2D eigenvalue weighted by Crippen LogP contribution is 2.15. The van der Waals surface area contributed by atoms with Gasteiger partial charge in [0.2, 0.25) is 5.91 Å². The molecule has 0 unspecified atom stereocenters. The van der Waals surface area contributed by atoms with Crippen LogP contribution in [0.25, 0.3) is 0 Å². The Morgan fingerprint density at radius 1 is 1.17 bits per heavy atom. The fraction of sp³-hybridized carbons (Fsp3) is 0.500. The maximum atomic E-state index is 12.0. The molecule has 0 bridgehead atoms. The summed E-state index contributed by atoms with van der Waals surface area (Å²) in [6.45, 7) is 6.19. The van der Waals surface area contributed by atoms with Crippen molar-refractivity contribution in [3.05, 3.63) is 29.3 Å². The van der Waals surface area contributed by atoms with Crippen LogP contribution in [0, 0.1) is 0 Å². The zero-order chi connectivity index (χ0) is 16.7. The smallest absolute Gasteiger partial charge is 0.258 e. The van der Waals surface area contributed by atoms with Gasteiger partial charge in [0, 0.05) is 31.2 Å². The summed E-state index contributed by atoms with van der Waals surface area (Å²) >= 11 is 5.77. The number of benzene rings is 1. The summed E-state index contributed by atoms with van der Waals surface area (Å²) in [7, 11) is 0. The van der Waals surface area contributed by atoms with Crippen molar-refractivity contribution in [1.29, 1.82) is 0 Å². The monoisotopic (exact) mass is 339 g/mol. The first-order valence-corrected chi connectivity index (χ1v) is 8.11. The van der Waals surface area contributed by atoms with Gasteiger partial charge in [0.25, 0.3) is 5.91 Å². The Morgan fingerprint density at radius 3 is 2.43 bits per heavy atom. The van der Waals surface area contributed by atoms with E-state index in [1.165, 1.54) is 0 Å². The van der Waals surface area contributed by atoms with Crippen LogP contribution in [0.3, 0.4) is 0 Å². The number of carbonyl (C=O) groups excluding carboxylic acids is 2. The second kappa shape index (κ2) is 8.74. The van der Waals surface area contributed by atoms with Crippen LogP contribution in [0.15, 0.2) is 24.3 Å². The van der Waals surface area contributed by atoms with Crippen molar-refractivity contribution < 1.29 is 14.3 Å². The van der Waals surface area contributed by atoms with Crippen molar-refractivity contribution in [2.75, 3.05) is 45.9 Å². The molecule has 0 radical (unpaired) electrons. The molecule has 1 fully saturated rings. The molecule has 1 heterocycles. The third kappa shape index (κ3) is 5.73. The zero-order valence-electron chi connectivity index (χ0n) is 13.3. The highest BCUT2D eigenvalue weighted by molar-refractivity contribution is 6.30. The second-order valence-electron chi connectivity index (χ2n) is 5.33. The average molecular weight is 340 g/mol. The summed E-state index contributed by atoms with van der Waals surface area (Å²) in [5.41, 5.74) is 0. The van der Waals surface area contributed by atoms with E-state index < -0.39 is 0 Å². The van der Waals surface area contributed by atoms with Crippen LogP contribution in [0.5, 0.6) is 5.75 Å². The van der Waals surface area contributed by atoms with Crippen LogP contribution in [0.2, 0.25) is 5.02 Å². The molecule has 1 aromatic rings. The van der Waals surface area contributed by atoms with Crippen molar-refractivity contribution in [3.8, 4) is 5.75 Å². The van der Waals surface area contributed by atoms with Crippen LogP contribution in [0.1, 0.15) is 6.92 Å². The predicted octanol–water partition coefficient (Wildman–Crippen LogP) is 0.999. The third-order valence-electron chi connectivity index (χ3n) is 3.79. The number of nitrogens with zero attached hydrogens (tertiary/aromatic N) is 2. The molecule has 23 heavy (non-hydrogen) atoms. The first-order valence-electron chi connectivity index (χ1n) is 7.73. The normalized spacial score (nSPS) is 15.3. The summed E-state index contributed by atoms with van der Waals surface area (Å²) in [5.74, 6) is 0.188. The van der Waals surface area contributed by atoms with Crippen LogP contribution >= 0.6 is 11.6 Å². The summed E-state index contributed by atoms with van der Waals surface area (Å²) < 4.78 is 5.33. The molecule has 7 heteroatoms. The minimum atomic E-state index is -0.319. The quantitative estimate of drug-likeness (QED) is 0.840. The zero-order valence-corrected chi connectivity index (χ0v) is 14.0. The van der Waals surface area contributed by atoms with E-state index in [-0.39, 0.29) is 25.0 Å². The van der Waals surface area contributed by atoms with Crippen LogP contribution < -0.4 is 10.1 Å². The molecule has 2 amide bonds. The highest BCUT2D eigenvalue weighted by Gasteiger charge is 2.20. The van der Waals surface area contributed by atoms with Crippen molar-refractivity contribution >= 4 is 23.4 Å². The van der Waals surface area contributed by atoms with Gasteiger partial charge in [0.05, 0.1) is 6.54 Å². The van der Waals surface area contributed by atoms with Crippen LogP contribution in [-0.2, 0) is 9.59 Å². The number of likely N-dealkylation sites (N-methyl/N-ethyl adjacent to an activating group) is 1. The Morgan fingerprint density at radius 2 is 1.83 bits per heavy atom. The van der Waals surface area contributed by atoms with E-state index in [0.29, 0.717) is 23.9 Å². The predicted molar refractivity (Wildman–Crippen MR) is 88.7 cm³/mol. The molecule has 0 aliphatic carbocycles. The van der Waals surface area contributed by atoms with Gasteiger partial charge < -0.3 is 19.9 Å². The molecular formula is C16H22ClN3O3. The number of nitrogens with one attached hydrogen (secondary N) is 1. The molecule has 2 rings (SSSR count). The maximum absolute atomic E-state index is 12.0. The number of amides is 2. The lowest BCUT2D eigenvalue weighted by Gasteiger charge is -2.34. The summed E-state index contributed by atoms with van der Waals surface area (Å²) in [5, 5.41) is 3.20. The number of hydrogen-bond donors (Lipinski definition) is 1. The summed E-state index contributed by atoms with van der Waals surface area (Å²) in [6.07, 6.45) is 0. The third-order valence-corrected chi connectivity index (χ3v) is 4.04. The van der Waals surface area contributed by atoms with Gasteiger partial charge in [-0.1, -0.05) is 18.5 Å². The first-order chi connectivity index (χ1) is 11.1. The molecule has 1 aliphatic rings. The van der Waals surface area contributed by atoms with Gasteiger partial charge in [-0.25, -0.2) is 0 Å². The van der Waals surface area contributed by atoms with Gasteiger partial charge in [-0.3, -0.25) is 9.59 Å². The van der Waals surface area contributed by atoms with E-state index in [1.807, 2.05) is 0 Å². The van der Waals surface area contributed by atoms with E-state index in [4.69, 9.17) is 16.3 Å². The van der Waals surface area contributed by atoms with E-state index in [9.17, 15) is 9.59 Å². The summed E-state index contributed by atoms with van der Waals surface area (Å²) in [6, 6.07) is 6.75. The molecule has 1 saturated heterocycles. The summed E-state index contributed by atoms with van der Waals surface area (Å²) in [4.78, 5) is 27.9. The molecule has 1 aromatic carbocycles. The molecule has 1 N–H and O–H groups in total. The number of ether oxygens (including phenoxy) is 1. The number of hydrogen-bond acceptors (Lipinski definition) is 4. The lowest BCUT2D eigenvalue weighted by atomic mass is 10.3. The molecule has 6 nitrogen and oxygen atoms in total. The van der Waals surface area contributed by atoms with Crippen LogP contribution in [0.4, 0.5) is 0 Å². The molecular weight excluding hydrogens is 318 g/mol. The first kappa shape index (κ1) is 17.6. The van der Waals surface area contributed by atoms with E-state index >= 15 is 0 Å². The SMILES string of the molecule is CCN1CCN(C(=O)CNC(=O)COc2ccc(Cl)cc2)CC1. The molecule has 126 valence electrons.